The maximum atomic E-state index is 12.5. The fourth-order valence-corrected chi connectivity index (χ4v) is 3.87. The molecule has 0 aliphatic carbocycles. The molecular weight excluding hydrogens is 350 g/mol. The Morgan fingerprint density at radius 1 is 1.54 bits per heavy atom. The number of imidazole rings is 1. The molecule has 0 saturated carbocycles. The molecule has 138 valence electrons. The van der Waals surface area contributed by atoms with Gasteiger partial charge in [-0.25, -0.2) is 4.98 Å². The monoisotopic (exact) mass is 373 g/mol. The van der Waals surface area contributed by atoms with Crippen molar-refractivity contribution >= 4 is 23.5 Å². The maximum Gasteiger partial charge on any atom is 0.235 e. The van der Waals surface area contributed by atoms with Crippen LogP contribution in [0.2, 0.25) is 0 Å². The topological polar surface area (TPSA) is 84.9 Å². The zero-order valence-corrected chi connectivity index (χ0v) is 16.1. The minimum atomic E-state index is -0.152. The highest BCUT2D eigenvalue weighted by Crippen LogP contribution is 2.28. The highest BCUT2D eigenvalue weighted by molar-refractivity contribution is 7.99. The molecule has 26 heavy (non-hydrogen) atoms. The summed E-state index contributed by atoms with van der Waals surface area (Å²) in [6.45, 7) is 5.31. The average Bonchev–Trinajstić information content (AvgIpc) is 3.32. The van der Waals surface area contributed by atoms with E-state index in [1.807, 2.05) is 36.2 Å². The molecule has 1 N–H and O–H groups in total. The van der Waals surface area contributed by atoms with Crippen molar-refractivity contribution in [1.82, 2.24) is 14.1 Å². The van der Waals surface area contributed by atoms with E-state index < -0.39 is 0 Å². The van der Waals surface area contributed by atoms with Gasteiger partial charge in [-0.3, -0.25) is 4.79 Å². The number of hydrogen-bond acceptors (Lipinski definition) is 5. The number of nitrogens with zero attached hydrogens (tertiary/aromatic N) is 4. The zero-order chi connectivity index (χ0) is 18.7. The van der Waals surface area contributed by atoms with E-state index in [1.165, 1.54) is 11.8 Å². The predicted molar refractivity (Wildman–Crippen MR) is 100 cm³/mol. The fraction of sp³-hybridized carbons (Fsp3) is 0.500. The third-order valence-electron chi connectivity index (χ3n) is 4.72. The van der Waals surface area contributed by atoms with Crippen LogP contribution in [-0.2, 0) is 23.1 Å². The van der Waals surface area contributed by atoms with Gasteiger partial charge in [0.2, 0.25) is 5.91 Å². The van der Waals surface area contributed by atoms with Crippen molar-refractivity contribution in [1.29, 1.82) is 5.26 Å². The molecule has 3 heterocycles. The number of amides is 1. The number of carbonyl (C=O) groups is 1. The van der Waals surface area contributed by atoms with Crippen LogP contribution in [0.25, 0.3) is 0 Å². The number of rotatable bonds is 6. The third-order valence-corrected chi connectivity index (χ3v) is 5.78. The van der Waals surface area contributed by atoms with Crippen molar-refractivity contribution in [2.24, 2.45) is 7.05 Å². The van der Waals surface area contributed by atoms with Gasteiger partial charge in [0, 0.05) is 31.7 Å². The van der Waals surface area contributed by atoms with Crippen LogP contribution in [0.4, 0.5) is 5.82 Å². The van der Waals surface area contributed by atoms with E-state index in [0.717, 1.165) is 35.9 Å². The van der Waals surface area contributed by atoms with Crippen molar-refractivity contribution in [2.45, 2.75) is 44.5 Å². The van der Waals surface area contributed by atoms with Crippen LogP contribution in [0.3, 0.4) is 0 Å². The lowest BCUT2D eigenvalue weighted by Crippen LogP contribution is -2.22. The number of ether oxygens (including phenoxy) is 1. The molecule has 0 spiro atoms. The molecule has 1 aliphatic rings. The first-order valence-corrected chi connectivity index (χ1v) is 9.61. The van der Waals surface area contributed by atoms with Gasteiger partial charge in [0.1, 0.15) is 11.9 Å². The molecule has 1 aliphatic heterocycles. The second-order valence-corrected chi connectivity index (χ2v) is 7.39. The van der Waals surface area contributed by atoms with Crippen molar-refractivity contribution < 1.29 is 9.53 Å². The largest absolute Gasteiger partial charge is 0.376 e. The Morgan fingerprint density at radius 2 is 2.35 bits per heavy atom. The molecule has 0 bridgehead atoms. The molecule has 2 aromatic rings. The lowest BCUT2D eigenvalue weighted by Gasteiger charge is -2.16. The first-order chi connectivity index (χ1) is 12.5. The zero-order valence-electron chi connectivity index (χ0n) is 15.3. The number of aromatic nitrogens is 3. The van der Waals surface area contributed by atoms with Gasteiger partial charge < -0.3 is 19.2 Å². The lowest BCUT2D eigenvalue weighted by atomic mass is 10.2. The second-order valence-electron chi connectivity index (χ2n) is 6.45. The Morgan fingerprint density at radius 3 is 2.96 bits per heavy atom. The summed E-state index contributed by atoms with van der Waals surface area (Å²) in [5.74, 6) is 0.655. The first kappa shape index (κ1) is 18.5. The van der Waals surface area contributed by atoms with Crippen LogP contribution in [-0.4, -0.2) is 38.5 Å². The molecule has 8 heteroatoms. The number of carbonyl (C=O) groups excluding carboxylic acids is 1. The normalized spacial score (nSPS) is 16.6. The van der Waals surface area contributed by atoms with Crippen LogP contribution in [0.15, 0.2) is 17.6 Å². The molecule has 1 fully saturated rings. The quantitative estimate of drug-likeness (QED) is 0.787. The molecule has 0 radical (unpaired) electrons. The van der Waals surface area contributed by atoms with E-state index in [-0.39, 0.29) is 17.8 Å². The number of thioether (sulfide) groups is 1. The van der Waals surface area contributed by atoms with Crippen LogP contribution in [0, 0.1) is 25.2 Å². The van der Waals surface area contributed by atoms with Gasteiger partial charge in [0.25, 0.3) is 0 Å². The highest BCUT2D eigenvalue weighted by atomic mass is 32.2. The summed E-state index contributed by atoms with van der Waals surface area (Å²) in [5.41, 5.74) is 2.41. The Bertz CT molecular complexity index is 843. The molecule has 0 unspecified atom stereocenters. The molecule has 0 aromatic carbocycles. The minimum absolute atomic E-state index is 0.129. The smallest absolute Gasteiger partial charge is 0.235 e. The Hall–Kier alpha value is -2.24. The van der Waals surface area contributed by atoms with Gasteiger partial charge in [-0.2, -0.15) is 5.26 Å². The summed E-state index contributed by atoms with van der Waals surface area (Å²) in [7, 11) is 1.89. The van der Waals surface area contributed by atoms with Crippen LogP contribution < -0.4 is 5.32 Å². The van der Waals surface area contributed by atoms with Crippen molar-refractivity contribution in [3.05, 3.63) is 29.2 Å². The Labute approximate surface area is 157 Å². The molecule has 3 rings (SSSR count). The summed E-state index contributed by atoms with van der Waals surface area (Å²) in [6, 6.07) is 2.23. The second kappa shape index (κ2) is 7.98. The van der Waals surface area contributed by atoms with Crippen molar-refractivity contribution in [3.8, 4) is 6.07 Å². The van der Waals surface area contributed by atoms with E-state index in [4.69, 9.17) is 4.74 Å². The van der Waals surface area contributed by atoms with Crippen LogP contribution in [0.1, 0.15) is 29.7 Å². The SMILES string of the molecule is Cc1c(C#N)c(NC(=O)CSc2nccn2C)n(C[C@H]2CCCO2)c1C. The average molecular weight is 373 g/mol. The van der Waals surface area contributed by atoms with Gasteiger partial charge in [0.15, 0.2) is 5.16 Å². The van der Waals surface area contributed by atoms with E-state index in [0.29, 0.717) is 17.9 Å². The number of hydrogen-bond donors (Lipinski definition) is 1. The van der Waals surface area contributed by atoms with E-state index in [2.05, 4.69) is 16.4 Å². The summed E-state index contributed by atoms with van der Waals surface area (Å²) < 4.78 is 9.61. The van der Waals surface area contributed by atoms with Gasteiger partial charge in [0.05, 0.1) is 24.0 Å². The fourth-order valence-electron chi connectivity index (χ4n) is 3.14. The molecule has 1 saturated heterocycles. The maximum absolute atomic E-state index is 12.5. The molecule has 1 amide bonds. The highest BCUT2D eigenvalue weighted by Gasteiger charge is 2.24. The molecule has 7 nitrogen and oxygen atoms in total. The van der Waals surface area contributed by atoms with E-state index in [1.54, 1.807) is 6.20 Å². The molecule has 1 atom stereocenters. The Kier molecular flexibility index (Phi) is 5.69. The minimum Gasteiger partial charge on any atom is -0.376 e. The molecule has 2 aromatic heterocycles. The first-order valence-electron chi connectivity index (χ1n) is 8.62. The number of nitriles is 1. The summed E-state index contributed by atoms with van der Waals surface area (Å²) in [4.78, 5) is 16.7. The number of aryl methyl sites for hydroxylation is 1. The van der Waals surface area contributed by atoms with Gasteiger partial charge >= 0.3 is 0 Å². The third kappa shape index (κ3) is 3.79. The van der Waals surface area contributed by atoms with Crippen LogP contribution >= 0.6 is 11.8 Å². The Balaban J connectivity index is 1.76. The summed E-state index contributed by atoms with van der Waals surface area (Å²) >= 11 is 1.37. The van der Waals surface area contributed by atoms with Crippen LogP contribution in [0.5, 0.6) is 0 Å². The van der Waals surface area contributed by atoms with Crippen molar-refractivity contribution in [2.75, 3.05) is 17.7 Å². The summed E-state index contributed by atoms with van der Waals surface area (Å²) in [6.07, 6.45) is 5.73. The van der Waals surface area contributed by atoms with Crippen molar-refractivity contribution in [3.63, 3.8) is 0 Å². The van der Waals surface area contributed by atoms with Gasteiger partial charge in [-0.15, -0.1) is 0 Å². The summed E-state index contributed by atoms with van der Waals surface area (Å²) in [5, 5.41) is 13.3. The molecular formula is C18H23N5O2S. The van der Waals surface area contributed by atoms with Gasteiger partial charge in [-0.05, 0) is 32.3 Å². The van der Waals surface area contributed by atoms with E-state index in [9.17, 15) is 10.1 Å². The number of anilines is 1. The van der Waals surface area contributed by atoms with E-state index >= 15 is 0 Å². The number of nitrogens with one attached hydrogen (secondary N) is 1. The predicted octanol–water partition coefficient (Wildman–Crippen LogP) is 2.62. The lowest BCUT2D eigenvalue weighted by molar-refractivity contribution is -0.113. The van der Waals surface area contributed by atoms with Gasteiger partial charge in [-0.1, -0.05) is 11.8 Å². The standard InChI is InChI=1S/C18H23N5O2S/c1-12-13(2)23(10-14-5-4-8-25-14)17(15(12)9-19)21-16(24)11-26-18-20-6-7-22(18)3/h6-7,14H,4-5,8,10-11H2,1-3H3,(H,21,24)/t14-/m1/s1.